The van der Waals surface area contributed by atoms with E-state index in [4.69, 9.17) is 0 Å². The highest BCUT2D eigenvalue weighted by Crippen LogP contribution is 2.26. The van der Waals surface area contributed by atoms with Crippen molar-refractivity contribution >= 4 is 11.4 Å². The molecule has 0 saturated heterocycles. The molecule has 1 aliphatic rings. The van der Waals surface area contributed by atoms with Crippen molar-refractivity contribution in [1.82, 2.24) is 5.32 Å². The molecule has 1 heterocycles. The predicted octanol–water partition coefficient (Wildman–Crippen LogP) is 3.76. The topological polar surface area (TPSA) is 67.5 Å². The van der Waals surface area contributed by atoms with Gasteiger partial charge in [-0.15, -0.1) is 0 Å². The highest BCUT2D eigenvalue weighted by atomic mass is 16.6. The zero-order chi connectivity index (χ0) is 16.2. The minimum atomic E-state index is -0.390. The Morgan fingerprint density at radius 1 is 1.17 bits per heavy atom. The maximum Gasteiger partial charge on any atom is 0.269 e. The van der Waals surface area contributed by atoms with Crippen molar-refractivity contribution in [2.75, 3.05) is 0 Å². The van der Waals surface area contributed by atoms with Crippen molar-refractivity contribution in [1.29, 1.82) is 0 Å². The minimum Gasteiger partial charge on any atom is -0.377 e. The molecule has 2 aromatic carbocycles. The van der Waals surface area contributed by atoms with Gasteiger partial charge in [-0.2, -0.15) is 0 Å². The summed E-state index contributed by atoms with van der Waals surface area (Å²) in [6, 6.07) is 14.7. The third-order valence-electron chi connectivity index (χ3n) is 3.94. The van der Waals surface area contributed by atoms with E-state index in [0.29, 0.717) is 0 Å². The lowest BCUT2D eigenvalue weighted by Crippen LogP contribution is -2.28. The van der Waals surface area contributed by atoms with Crippen LogP contribution in [0.25, 0.3) is 0 Å². The van der Waals surface area contributed by atoms with Gasteiger partial charge in [-0.3, -0.25) is 15.1 Å². The Labute approximate surface area is 134 Å². The molecular weight excluding hydrogens is 290 g/mol. The molecule has 0 fully saturated rings. The molecule has 116 valence electrons. The fraction of sp³-hybridized carbons (Fsp3) is 0.167. The molecule has 0 amide bonds. The number of aryl methyl sites for hydroxylation is 1. The fourth-order valence-electron chi connectivity index (χ4n) is 2.76. The summed E-state index contributed by atoms with van der Waals surface area (Å²) in [5.41, 5.74) is 4.31. The first-order chi connectivity index (χ1) is 11.2. The van der Waals surface area contributed by atoms with Crippen LogP contribution >= 0.6 is 0 Å². The van der Waals surface area contributed by atoms with Crippen LogP contribution in [0.5, 0.6) is 0 Å². The van der Waals surface area contributed by atoms with Gasteiger partial charge < -0.3 is 5.32 Å². The molecule has 0 aliphatic carbocycles. The Kier molecular flexibility index (Phi) is 4.19. The molecule has 23 heavy (non-hydrogen) atoms. The molecule has 1 aliphatic heterocycles. The number of rotatable bonds is 4. The molecular formula is C18H17N3O2. The van der Waals surface area contributed by atoms with E-state index in [1.807, 2.05) is 12.1 Å². The molecule has 2 aromatic rings. The average Bonchev–Trinajstić information content (AvgIpc) is 2.62. The Hall–Kier alpha value is -2.95. The molecule has 3 rings (SSSR count). The first kappa shape index (κ1) is 15.0. The van der Waals surface area contributed by atoms with Gasteiger partial charge in [0.05, 0.1) is 16.7 Å². The van der Waals surface area contributed by atoms with E-state index in [0.717, 1.165) is 23.3 Å². The van der Waals surface area contributed by atoms with E-state index in [9.17, 15) is 10.1 Å². The predicted molar refractivity (Wildman–Crippen MR) is 90.5 cm³/mol. The number of nitro benzene ring substituents is 1. The van der Waals surface area contributed by atoms with Gasteiger partial charge >= 0.3 is 0 Å². The molecule has 0 saturated carbocycles. The Morgan fingerprint density at radius 3 is 2.61 bits per heavy atom. The van der Waals surface area contributed by atoms with Gasteiger partial charge in [-0.25, -0.2) is 0 Å². The minimum absolute atomic E-state index is 0.0903. The first-order valence-electron chi connectivity index (χ1n) is 7.52. The number of nitro groups is 1. The number of non-ortho nitro benzene ring substituents is 1. The molecule has 0 radical (unpaired) electrons. The smallest absolute Gasteiger partial charge is 0.269 e. The number of aliphatic imine (C=N–C) groups is 1. The molecule has 1 N–H and O–H groups in total. The summed E-state index contributed by atoms with van der Waals surface area (Å²) in [6.45, 7) is 2.12. The normalized spacial score (nSPS) is 16.6. The number of nitrogens with one attached hydrogen (secondary N) is 1. The van der Waals surface area contributed by atoms with Gasteiger partial charge in [-0.1, -0.05) is 31.2 Å². The second-order valence-corrected chi connectivity index (χ2v) is 5.29. The van der Waals surface area contributed by atoms with Crippen LogP contribution in [0.4, 0.5) is 5.69 Å². The standard InChI is InChI=1S/C18H17N3O2/c1-2-13-5-3-4-6-16(13)18-17(19-11-12-20-18)14-7-9-15(10-8-14)21(22)23/h3-12,17,19H,2H2,1H3. The third-order valence-corrected chi connectivity index (χ3v) is 3.94. The summed E-state index contributed by atoms with van der Waals surface area (Å²) in [7, 11) is 0. The third kappa shape index (κ3) is 2.99. The van der Waals surface area contributed by atoms with Crippen LogP contribution in [0.3, 0.4) is 0 Å². The van der Waals surface area contributed by atoms with Crippen molar-refractivity contribution in [2.24, 2.45) is 4.99 Å². The van der Waals surface area contributed by atoms with E-state index in [-0.39, 0.29) is 16.7 Å². The lowest BCUT2D eigenvalue weighted by atomic mass is 9.92. The van der Waals surface area contributed by atoms with E-state index in [1.165, 1.54) is 17.7 Å². The monoisotopic (exact) mass is 307 g/mol. The maximum atomic E-state index is 10.8. The second kappa shape index (κ2) is 6.44. The largest absolute Gasteiger partial charge is 0.377 e. The number of benzene rings is 2. The van der Waals surface area contributed by atoms with Crippen molar-refractivity contribution in [3.63, 3.8) is 0 Å². The summed E-state index contributed by atoms with van der Waals surface area (Å²) < 4.78 is 0. The molecule has 0 bridgehead atoms. The van der Waals surface area contributed by atoms with Crippen molar-refractivity contribution in [2.45, 2.75) is 19.4 Å². The van der Waals surface area contributed by atoms with Crippen LogP contribution in [0.1, 0.15) is 29.7 Å². The zero-order valence-electron chi connectivity index (χ0n) is 12.8. The van der Waals surface area contributed by atoms with E-state index in [1.54, 1.807) is 24.5 Å². The second-order valence-electron chi connectivity index (χ2n) is 5.29. The van der Waals surface area contributed by atoms with E-state index < -0.39 is 0 Å². The molecule has 0 spiro atoms. The number of hydrogen-bond acceptors (Lipinski definition) is 4. The van der Waals surface area contributed by atoms with Crippen LogP contribution in [-0.4, -0.2) is 10.6 Å². The van der Waals surface area contributed by atoms with Crippen molar-refractivity contribution in [3.05, 3.63) is 87.7 Å². The highest BCUT2D eigenvalue weighted by molar-refractivity contribution is 6.06. The lowest BCUT2D eigenvalue weighted by Gasteiger charge is -2.24. The summed E-state index contributed by atoms with van der Waals surface area (Å²) in [5.74, 6) is 0. The Morgan fingerprint density at radius 2 is 1.91 bits per heavy atom. The molecule has 5 nitrogen and oxygen atoms in total. The number of nitrogens with zero attached hydrogens (tertiary/aromatic N) is 2. The van der Waals surface area contributed by atoms with Gasteiger partial charge in [0.1, 0.15) is 0 Å². The lowest BCUT2D eigenvalue weighted by molar-refractivity contribution is -0.384. The van der Waals surface area contributed by atoms with Gasteiger partial charge in [-0.05, 0) is 29.7 Å². The molecule has 0 aromatic heterocycles. The summed E-state index contributed by atoms with van der Waals surface area (Å²) in [4.78, 5) is 15.0. The van der Waals surface area contributed by atoms with E-state index in [2.05, 4.69) is 29.4 Å². The van der Waals surface area contributed by atoms with Crippen LogP contribution in [-0.2, 0) is 6.42 Å². The van der Waals surface area contributed by atoms with Gasteiger partial charge in [0.2, 0.25) is 0 Å². The maximum absolute atomic E-state index is 10.8. The van der Waals surface area contributed by atoms with Crippen LogP contribution in [0, 0.1) is 10.1 Å². The molecule has 1 atom stereocenters. The fourth-order valence-corrected chi connectivity index (χ4v) is 2.76. The summed E-state index contributed by atoms with van der Waals surface area (Å²) >= 11 is 0. The first-order valence-corrected chi connectivity index (χ1v) is 7.52. The van der Waals surface area contributed by atoms with Crippen LogP contribution in [0.2, 0.25) is 0 Å². The van der Waals surface area contributed by atoms with Gasteiger partial charge in [0, 0.05) is 30.1 Å². The molecule has 1 unspecified atom stereocenters. The summed E-state index contributed by atoms with van der Waals surface area (Å²) in [6.07, 6.45) is 4.46. The SMILES string of the molecule is CCc1ccccc1C1=NC=CNC1c1ccc([N+](=O)[O-])cc1. The Balaban J connectivity index is 2.00. The highest BCUT2D eigenvalue weighted by Gasteiger charge is 2.22. The summed E-state index contributed by atoms with van der Waals surface area (Å²) in [5, 5.41) is 14.1. The van der Waals surface area contributed by atoms with Crippen molar-refractivity contribution < 1.29 is 4.92 Å². The van der Waals surface area contributed by atoms with Crippen LogP contribution in [0.15, 0.2) is 65.9 Å². The van der Waals surface area contributed by atoms with Crippen LogP contribution < -0.4 is 5.32 Å². The van der Waals surface area contributed by atoms with E-state index >= 15 is 0 Å². The number of hydrogen-bond donors (Lipinski definition) is 1. The van der Waals surface area contributed by atoms with Gasteiger partial charge in [0.25, 0.3) is 5.69 Å². The van der Waals surface area contributed by atoms with Gasteiger partial charge in [0.15, 0.2) is 0 Å². The average molecular weight is 307 g/mol. The quantitative estimate of drug-likeness (QED) is 0.690. The molecule has 5 heteroatoms. The van der Waals surface area contributed by atoms with Crippen molar-refractivity contribution in [3.8, 4) is 0 Å². The Bertz CT molecular complexity index is 779. The zero-order valence-corrected chi connectivity index (χ0v) is 12.8.